The largest absolute Gasteiger partial charge is 0.386 e. The molecule has 3 heteroatoms. The smallest absolute Gasteiger partial charge is 0.129 e. The van der Waals surface area contributed by atoms with Crippen LogP contribution in [0.3, 0.4) is 0 Å². The Morgan fingerprint density at radius 3 is 2.30 bits per heavy atom. The Balaban J connectivity index is 1.91. The maximum absolute atomic E-state index is 14.1. The van der Waals surface area contributed by atoms with Crippen molar-refractivity contribution in [2.24, 2.45) is 0 Å². The highest BCUT2D eigenvalue weighted by Crippen LogP contribution is 2.45. The fraction of sp³-hybridized carbons (Fsp3) is 0.647. The van der Waals surface area contributed by atoms with E-state index >= 15 is 0 Å². The van der Waals surface area contributed by atoms with Crippen molar-refractivity contribution in [2.45, 2.75) is 56.6 Å². The quantitative estimate of drug-likeness (QED) is 0.911. The van der Waals surface area contributed by atoms with E-state index in [-0.39, 0.29) is 11.4 Å². The molecule has 0 radical (unpaired) electrons. The first-order valence-corrected chi connectivity index (χ1v) is 7.92. The van der Waals surface area contributed by atoms with E-state index < -0.39 is 6.10 Å². The summed E-state index contributed by atoms with van der Waals surface area (Å²) in [6, 6.07) is 6.70. The fourth-order valence-electron chi connectivity index (χ4n) is 4.08. The molecule has 1 aliphatic carbocycles. The van der Waals surface area contributed by atoms with E-state index in [0.29, 0.717) is 5.56 Å². The first-order chi connectivity index (χ1) is 9.74. The second-order valence-corrected chi connectivity index (χ2v) is 6.28. The van der Waals surface area contributed by atoms with Gasteiger partial charge >= 0.3 is 0 Å². The number of rotatable bonds is 3. The Labute approximate surface area is 120 Å². The standard InChI is InChI=1S/C17H24FNO/c18-15-9-3-2-8-14(15)16(20)17(10-4-5-11-17)19-12-6-1-7-13-19/h2-3,8-9,16,20H,1,4-7,10-13H2. The zero-order valence-electron chi connectivity index (χ0n) is 12.0. The van der Waals surface area contributed by atoms with Crippen molar-refractivity contribution in [1.82, 2.24) is 4.90 Å². The van der Waals surface area contributed by atoms with Gasteiger partial charge in [0.1, 0.15) is 11.9 Å². The number of aliphatic hydroxyl groups excluding tert-OH is 1. The van der Waals surface area contributed by atoms with Gasteiger partial charge in [0.25, 0.3) is 0 Å². The number of hydrogen-bond acceptors (Lipinski definition) is 2. The molecule has 1 aliphatic heterocycles. The van der Waals surface area contributed by atoms with Crippen LogP contribution < -0.4 is 0 Å². The van der Waals surface area contributed by atoms with Crippen molar-refractivity contribution in [3.05, 3.63) is 35.6 Å². The molecular weight excluding hydrogens is 253 g/mol. The van der Waals surface area contributed by atoms with Crippen LogP contribution in [0.5, 0.6) is 0 Å². The molecule has 0 amide bonds. The molecule has 1 aromatic rings. The normalized spacial score (nSPS) is 24.7. The van der Waals surface area contributed by atoms with Gasteiger partial charge in [-0.2, -0.15) is 0 Å². The van der Waals surface area contributed by atoms with Crippen LogP contribution in [0.2, 0.25) is 0 Å². The summed E-state index contributed by atoms with van der Waals surface area (Å²) in [5.41, 5.74) is 0.239. The summed E-state index contributed by atoms with van der Waals surface area (Å²) in [5, 5.41) is 10.9. The lowest BCUT2D eigenvalue weighted by molar-refractivity contribution is -0.0420. The summed E-state index contributed by atoms with van der Waals surface area (Å²) in [5.74, 6) is -0.275. The summed E-state index contributed by atoms with van der Waals surface area (Å²) in [4.78, 5) is 2.45. The molecule has 1 unspecified atom stereocenters. The summed E-state index contributed by atoms with van der Waals surface area (Å²) in [6.07, 6.45) is 7.24. The molecule has 1 atom stereocenters. The van der Waals surface area contributed by atoms with Crippen LogP contribution in [0.25, 0.3) is 0 Å². The van der Waals surface area contributed by atoms with E-state index in [9.17, 15) is 9.50 Å². The molecule has 0 spiro atoms. The second kappa shape index (κ2) is 5.82. The van der Waals surface area contributed by atoms with Crippen LogP contribution in [0.4, 0.5) is 4.39 Å². The van der Waals surface area contributed by atoms with Crippen LogP contribution in [0, 0.1) is 5.82 Å². The number of hydrogen-bond donors (Lipinski definition) is 1. The molecule has 3 rings (SSSR count). The van der Waals surface area contributed by atoms with Crippen LogP contribution in [-0.2, 0) is 0 Å². The molecule has 20 heavy (non-hydrogen) atoms. The molecule has 2 nitrogen and oxygen atoms in total. The zero-order valence-corrected chi connectivity index (χ0v) is 12.0. The van der Waals surface area contributed by atoms with E-state index in [2.05, 4.69) is 4.90 Å². The molecule has 110 valence electrons. The maximum atomic E-state index is 14.1. The topological polar surface area (TPSA) is 23.5 Å². The number of halogens is 1. The highest BCUT2D eigenvalue weighted by atomic mass is 19.1. The van der Waals surface area contributed by atoms with E-state index in [1.165, 1.54) is 25.3 Å². The van der Waals surface area contributed by atoms with Crippen molar-refractivity contribution in [3.8, 4) is 0 Å². The van der Waals surface area contributed by atoms with Gasteiger partial charge in [0.2, 0.25) is 0 Å². The lowest BCUT2D eigenvalue weighted by Gasteiger charge is -2.46. The lowest BCUT2D eigenvalue weighted by Crippen LogP contribution is -2.53. The molecule has 0 aromatic heterocycles. The molecule has 2 fully saturated rings. The molecule has 1 saturated carbocycles. The Morgan fingerprint density at radius 2 is 1.65 bits per heavy atom. The third kappa shape index (κ3) is 2.38. The summed E-state index contributed by atoms with van der Waals surface area (Å²) >= 11 is 0. The Kier molecular flexibility index (Phi) is 4.08. The van der Waals surface area contributed by atoms with E-state index in [0.717, 1.165) is 38.8 Å². The maximum Gasteiger partial charge on any atom is 0.129 e. The monoisotopic (exact) mass is 277 g/mol. The zero-order chi connectivity index (χ0) is 14.0. The average molecular weight is 277 g/mol. The summed E-state index contributed by atoms with van der Waals surface area (Å²) < 4.78 is 14.1. The van der Waals surface area contributed by atoms with Gasteiger partial charge in [-0.05, 0) is 44.8 Å². The van der Waals surface area contributed by atoms with Crippen LogP contribution in [-0.4, -0.2) is 28.6 Å². The Morgan fingerprint density at radius 1 is 1.00 bits per heavy atom. The van der Waals surface area contributed by atoms with Gasteiger partial charge in [-0.1, -0.05) is 37.5 Å². The van der Waals surface area contributed by atoms with E-state index in [1.807, 2.05) is 6.07 Å². The van der Waals surface area contributed by atoms with Gasteiger partial charge in [-0.3, -0.25) is 4.90 Å². The van der Waals surface area contributed by atoms with Gasteiger partial charge in [0.15, 0.2) is 0 Å². The van der Waals surface area contributed by atoms with Gasteiger partial charge in [0.05, 0.1) is 5.54 Å². The minimum atomic E-state index is -0.704. The minimum Gasteiger partial charge on any atom is -0.386 e. The summed E-state index contributed by atoms with van der Waals surface area (Å²) in [7, 11) is 0. The number of aliphatic hydroxyl groups is 1. The average Bonchev–Trinajstić information content (AvgIpc) is 2.99. The van der Waals surface area contributed by atoms with E-state index in [1.54, 1.807) is 12.1 Å². The molecule has 0 bridgehead atoms. The van der Waals surface area contributed by atoms with Crippen molar-refractivity contribution in [3.63, 3.8) is 0 Å². The second-order valence-electron chi connectivity index (χ2n) is 6.28. The van der Waals surface area contributed by atoms with Crippen molar-refractivity contribution in [2.75, 3.05) is 13.1 Å². The number of likely N-dealkylation sites (tertiary alicyclic amines) is 1. The van der Waals surface area contributed by atoms with Crippen LogP contribution in [0.15, 0.2) is 24.3 Å². The first kappa shape index (κ1) is 14.0. The van der Waals surface area contributed by atoms with Gasteiger partial charge in [-0.25, -0.2) is 4.39 Å². The number of nitrogens with zero attached hydrogens (tertiary/aromatic N) is 1. The predicted molar refractivity (Wildman–Crippen MR) is 78.0 cm³/mol. The molecule has 1 aromatic carbocycles. The van der Waals surface area contributed by atoms with Gasteiger partial charge in [0, 0.05) is 5.56 Å². The SMILES string of the molecule is OC(c1ccccc1F)C1(N2CCCCC2)CCCC1. The lowest BCUT2D eigenvalue weighted by atomic mass is 9.82. The molecule has 1 saturated heterocycles. The number of benzene rings is 1. The van der Waals surface area contributed by atoms with Gasteiger partial charge < -0.3 is 5.11 Å². The molecular formula is C17H24FNO. The third-order valence-corrected chi connectivity index (χ3v) is 5.16. The minimum absolute atomic E-state index is 0.234. The van der Waals surface area contributed by atoms with Gasteiger partial charge in [-0.15, -0.1) is 0 Å². The Bertz CT molecular complexity index is 450. The first-order valence-electron chi connectivity index (χ1n) is 7.92. The van der Waals surface area contributed by atoms with Crippen molar-refractivity contribution >= 4 is 0 Å². The predicted octanol–water partition coefficient (Wildman–Crippen LogP) is 3.66. The van der Waals surface area contributed by atoms with Crippen LogP contribution in [0.1, 0.15) is 56.6 Å². The third-order valence-electron chi connectivity index (χ3n) is 5.16. The summed E-state index contributed by atoms with van der Waals surface area (Å²) in [6.45, 7) is 2.09. The molecule has 1 heterocycles. The molecule has 2 aliphatic rings. The highest BCUT2D eigenvalue weighted by Gasteiger charge is 2.46. The van der Waals surface area contributed by atoms with E-state index in [4.69, 9.17) is 0 Å². The number of piperidine rings is 1. The highest BCUT2D eigenvalue weighted by molar-refractivity contribution is 5.24. The molecule has 1 N–H and O–H groups in total. The fourth-order valence-corrected chi connectivity index (χ4v) is 4.08. The Hall–Kier alpha value is -0.930. The van der Waals surface area contributed by atoms with Crippen molar-refractivity contribution in [1.29, 1.82) is 0 Å². The van der Waals surface area contributed by atoms with Crippen LogP contribution >= 0.6 is 0 Å². The van der Waals surface area contributed by atoms with Crippen molar-refractivity contribution < 1.29 is 9.50 Å².